The second-order valence-corrected chi connectivity index (χ2v) is 2.61. The zero-order valence-corrected chi connectivity index (χ0v) is 7.86. The first kappa shape index (κ1) is 10.3. The predicted octanol–water partition coefficient (Wildman–Crippen LogP) is 1.04. The largest absolute Gasteiger partial charge is 0.477 e. The SMILES string of the molecule is Cl.Nc1cn2c(C(=O)O)cccc2n1. The summed E-state index contributed by atoms with van der Waals surface area (Å²) in [4.78, 5) is 14.7. The van der Waals surface area contributed by atoms with Gasteiger partial charge in [0, 0.05) is 0 Å². The number of hydrogen-bond acceptors (Lipinski definition) is 3. The molecule has 0 unspecified atom stereocenters. The molecular formula is C8H8ClN3O2. The molecule has 0 aliphatic carbocycles. The fourth-order valence-electron chi connectivity index (χ4n) is 1.20. The van der Waals surface area contributed by atoms with Crippen molar-refractivity contribution in [1.82, 2.24) is 9.38 Å². The molecule has 0 saturated carbocycles. The summed E-state index contributed by atoms with van der Waals surface area (Å²) in [5.41, 5.74) is 6.13. The molecule has 0 aromatic carbocycles. The van der Waals surface area contributed by atoms with E-state index in [1.165, 1.54) is 16.7 Å². The first-order valence-electron chi connectivity index (χ1n) is 3.65. The van der Waals surface area contributed by atoms with Crippen molar-refractivity contribution in [3.05, 3.63) is 30.1 Å². The molecule has 14 heavy (non-hydrogen) atoms. The lowest BCUT2D eigenvalue weighted by molar-refractivity contribution is 0.0689. The average Bonchev–Trinajstić information content (AvgIpc) is 2.43. The quantitative estimate of drug-likeness (QED) is 0.742. The van der Waals surface area contributed by atoms with E-state index in [2.05, 4.69) is 4.98 Å². The Balaban J connectivity index is 0.000000980. The van der Waals surface area contributed by atoms with Gasteiger partial charge in [0.05, 0.1) is 6.20 Å². The minimum atomic E-state index is -0.997. The van der Waals surface area contributed by atoms with Crippen molar-refractivity contribution in [3.8, 4) is 0 Å². The molecule has 0 aliphatic heterocycles. The molecule has 0 atom stereocenters. The normalized spacial score (nSPS) is 9.71. The molecular weight excluding hydrogens is 206 g/mol. The highest BCUT2D eigenvalue weighted by atomic mass is 35.5. The lowest BCUT2D eigenvalue weighted by Crippen LogP contribution is -2.03. The van der Waals surface area contributed by atoms with E-state index in [0.29, 0.717) is 11.5 Å². The Bertz CT molecular complexity index is 480. The number of nitrogen functional groups attached to an aromatic ring is 1. The molecule has 3 N–H and O–H groups in total. The van der Waals surface area contributed by atoms with E-state index in [1.54, 1.807) is 12.1 Å². The minimum absolute atomic E-state index is 0. The van der Waals surface area contributed by atoms with Crippen LogP contribution in [0.15, 0.2) is 24.4 Å². The van der Waals surface area contributed by atoms with Crippen molar-refractivity contribution in [3.63, 3.8) is 0 Å². The van der Waals surface area contributed by atoms with E-state index in [0.717, 1.165) is 0 Å². The molecule has 74 valence electrons. The van der Waals surface area contributed by atoms with E-state index >= 15 is 0 Å². The predicted molar refractivity (Wildman–Crippen MR) is 53.8 cm³/mol. The number of aromatic nitrogens is 2. The Kier molecular flexibility index (Phi) is 2.62. The van der Waals surface area contributed by atoms with Crippen LogP contribution in [0.3, 0.4) is 0 Å². The molecule has 2 heterocycles. The van der Waals surface area contributed by atoms with Crippen LogP contribution in [0.4, 0.5) is 5.82 Å². The van der Waals surface area contributed by atoms with Crippen LogP contribution in [0.25, 0.3) is 5.65 Å². The number of carbonyl (C=O) groups is 1. The van der Waals surface area contributed by atoms with E-state index in [9.17, 15) is 4.79 Å². The zero-order chi connectivity index (χ0) is 9.42. The molecule has 0 radical (unpaired) electrons. The van der Waals surface area contributed by atoms with Crippen molar-refractivity contribution in [1.29, 1.82) is 0 Å². The third-order valence-corrected chi connectivity index (χ3v) is 1.73. The Hall–Kier alpha value is -1.75. The third kappa shape index (κ3) is 1.49. The summed E-state index contributed by atoms with van der Waals surface area (Å²) in [5, 5.41) is 8.80. The summed E-state index contributed by atoms with van der Waals surface area (Å²) in [6.07, 6.45) is 1.48. The van der Waals surface area contributed by atoms with E-state index in [-0.39, 0.29) is 18.1 Å². The van der Waals surface area contributed by atoms with Gasteiger partial charge in [0.1, 0.15) is 17.2 Å². The number of hydrogen-bond donors (Lipinski definition) is 2. The molecule has 2 aromatic heterocycles. The molecule has 0 amide bonds. The average molecular weight is 214 g/mol. The fraction of sp³-hybridized carbons (Fsp3) is 0. The van der Waals surface area contributed by atoms with Gasteiger partial charge in [0.15, 0.2) is 0 Å². The van der Waals surface area contributed by atoms with Crippen LogP contribution >= 0.6 is 12.4 Å². The summed E-state index contributed by atoms with van der Waals surface area (Å²) >= 11 is 0. The number of carboxylic acids is 1. The second-order valence-electron chi connectivity index (χ2n) is 2.61. The van der Waals surface area contributed by atoms with Crippen LogP contribution in [-0.2, 0) is 0 Å². The molecule has 2 aromatic rings. The number of imidazole rings is 1. The maximum absolute atomic E-state index is 10.7. The number of rotatable bonds is 1. The van der Waals surface area contributed by atoms with Gasteiger partial charge >= 0.3 is 5.97 Å². The lowest BCUT2D eigenvalue weighted by atomic mass is 10.3. The maximum atomic E-state index is 10.7. The van der Waals surface area contributed by atoms with E-state index in [1.807, 2.05) is 0 Å². The van der Waals surface area contributed by atoms with Gasteiger partial charge in [-0.15, -0.1) is 12.4 Å². The van der Waals surface area contributed by atoms with Crippen LogP contribution in [0.2, 0.25) is 0 Å². The van der Waals surface area contributed by atoms with Gasteiger partial charge in [0.2, 0.25) is 0 Å². The molecule has 2 rings (SSSR count). The maximum Gasteiger partial charge on any atom is 0.352 e. The molecule has 0 aliphatic rings. The number of aromatic carboxylic acids is 1. The molecule has 6 heteroatoms. The zero-order valence-electron chi connectivity index (χ0n) is 7.04. The van der Waals surface area contributed by atoms with Crippen molar-refractivity contribution < 1.29 is 9.90 Å². The van der Waals surface area contributed by atoms with E-state index < -0.39 is 5.97 Å². The lowest BCUT2D eigenvalue weighted by Gasteiger charge is -1.97. The van der Waals surface area contributed by atoms with Gasteiger partial charge in [-0.3, -0.25) is 4.40 Å². The van der Waals surface area contributed by atoms with Gasteiger partial charge in [-0.1, -0.05) is 6.07 Å². The summed E-state index contributed by atoms with van der Waals surface area (Å²) in [7, 11) is 0. The summed E-state index contributed by atoms with van der Waals surface area (Å²) in [5.74, 6) is -0.684. The highest BCUT2D eigenvalue weighted by molar-refractivity contribution is 5.86. The minimum Gasteiger partial charge on any atom is -0.477 e. The molecule has 0 bridgehead atoms. The number of anilines is 1. The monoisotopic (exact) mass is 213 g/mol. The highest BCUT2D eigenvalue weighted by Crippen LogP contribution is 2.09. The Labute approximate surface area is 85.6 Å². The Morgan fingerprint density at radius 3 is 2.86 bits per heavy atom. The fourth-order valence-corrected chi connectivity index (χ4v) is 1.20. The summed E-state index contributed by atoms with van der Waals surface area (Å²) < 4.78 is 1.44. The molecule has 0 saturated heterocycles. The second kappa shape index (κ2) is 3.55. The highest BCUT2D eigenvalue weighted by Gasteiger charge is 2.08. The number of pyridine rings is 1. The molecule has 0 spiro atoms. The first-order valence-corrected chi connectivity index (χ1v) is 3.65. The van der Waals surface area contributed by atoms with Crippen LogP contribution in [0, 0.1) is 0 Å². The van der Waals surface area contributed by atoms with Crippen molar-refractivity contribution in [2.24, 2.45) is 0 Å². The Morgan fingerprint density at radius 2 is 2.21 bits per heavy atom. The van der Waals surface area contributed by atoms with Gasteiger partial charge in [0.25, 0.3) is 0 Å². The number of carboxylic acid groups (broad SMARTS) is 1. The summed E-state index contributed by atoms with van der Waals surface area (Å²) in [6, 6.07) is 4.82. The van der Waals surface area contributed by atoms with Gasteiger partial charge in [-0.2, -0.15) is 0 Å². The Morgan fingerprint density at radius 1 is 1.50 bits per heavy atom. The summed E-state index contributed by atoms with van der Waals surface area (Å²) in [6.45, 7) is 0. The van der Waals surface area contributed by atoms with E-state index in [4.69, 9.17) is 10.8 Å². The topological polar surface area (TPSA) is 80.6 Å². The van der Waals surface area contributed by atoms with Crippen LogP contribution in [-0.4, -0.2) is 20.5 Å². The van der Waals surface area contributed by atoms with Crippen LogP contribution in [0.1, 0.15) is 10.5 Å². The number of fused-ring (bicyclic) bond motifs is 1. The van der Waals surface area contributed by atoms with Crippen molar-refractivity contribution in [2.45, 2.75) is 0 Å². The van der Waals surface area contributed by atoms with Crippen molar-refractivity contribution >= 4 is 29.8 Å². The molecule has 0 fully saturated rings. The number of nitrogens with two attached hydrogens (primary N) is 1. The third-order valence-electron chi connectivity index (χ3n) is 1.73. The number of nitrogens with zero attached hydrogens (tertiary/aromatic N) is 2. The smallest absolute Gasteiger partial charge is 0.352 e. The van der Waals surface area contributed by atoms with Crippen LogP contribution < -0.4 is 5.73 Å². The van der Waals surface area contributed by atoms with Gasteiger partial charge in [-0.05, 0) is 12.1 Å². The van der Waals surface area contributed by atoms with Crippen LogP contribution in [0.5, 0.6) is 0 Å². The van der Waals surface area contributed by atoms with Gasteiger partial charge in [-0.25, -0.2) is 9.78 Å². The van der Waals surface area contributed by atoms with Gasteiger partial charge < -0.3 is 10.8 Å². The number of halogens is 1. The standard InChI is InChI=1S/C8H7N3O2.ClH/c9-6-4-11-5(8(12)13)2-1-3-7(11)10-6;/h1-4H,9H2,(H,12,13);1H. The first-order chi connectivity index (χ1) is 6.18. The molecule has 5 nitrogen and oxygen atoms in total. The van der Waals surface area contributed by atoms with Crippen molar-refractivity contribution in [2.75, 3.05) is 5.73 Å².